The van der Waals surface area contributed by atoms with E-state index in [0.717, 1.165) is 6.42 Å². The third-order valence-corrected chi connectivity index (χ3v) is 4.78. The van der Waals surface area contributed by atoms with Crippen molar-refractivity contribution in [3.63, 3.8) is 0 Å². The van der Waals surface area contributed by atoms with Crippen LogP contribution in [0.25, 0.3) is 0 Å². The molecule has 2 fully saturated rings. The van der Waals surface area contributed by atoms with E-state index in [-0.39, 0.29) is 36.8 Å². The molecule has 116 valence electrons. The van der Waals surface area contributed by atoms with E-state index in [9.17, 15) is 18.0 Å². The predicted molar refractivity (Wildman–Crippen MR) is 69.8 cm³/mol. The Kier molecular flexibility index (Phi) is 4.62. The standard InChI is InChI=1S/C14H23F3N2O/c1-9-7-10(4-5-12(9)18)13(20)19-6-2-3-11(8-19)14(15,16)17/h9-12H,2-8,18H2,1H3. The number of carbonyl (C=O) groups excluding carboxylic acids is 1. The van der Waals surface area contributed by atoms with Crippen molar-refractivity contribution in [3.8, 4) is 0 Å². The Morgan fingerprint density at radius 3 is 2.55 bits per heavy atom. The van der Waals surface area contributed by atoms with Crippen LogP contribution in [0.2, 0.25) is 0 Å². The van der Waals surface area contributed by atoms with Crippen molar-refractivity contribution in [3.05, 3.63) is 0 Å². The molecule has 0 radical (unpaired) electrons. The van der Waals surface area contributed by atoms with Crippen LogP contribution in [0.1, 0.15) is 39.0 Å². The number of amides is 1. The zero-order chi connectivity index (χ0) is 14.9. The van der Waals surface area contributed by atoms with E-state index in [1.165, 1.54) is 4.90 Å². The first kappa shape index (κ1) is 15.6. The number of carbonyl (C=O) groups is 1. The fourth-order valence-electron chi connectivity index (χ4n) is 3.35. The maximum Gasteiger partial charge on any atom is 0.393 e. The van der Waals surface area contributed by atoms with Crippen LogP contribution in [0, 0.1) is 17.8 Å². The van der Waals surface area contributed by atoms with Crippen molar-refractivity contribution in [1.29, 1.82) is 0 Å². The smallest absolute Gasteiger partial charge is 0.342 e. The lowest BCUT2D eigenvalue weighted by atomic mass is 9.78. The summed E-state index contributed by atoms with van der Waals surface area (Å²) in [5.74, 6) is -1.33. The van der Waals surface area contributed by atoms with E-state index in [1.54, 1.807) is 0 Å². The number of halogens is 3. The van der Waals surface area contributed by atoms with Gasteiger partial charge in [0.1, 0.15) is 0 Å². The molecule has 1 aliphatic carbocycles. The number of alkyl halides is 3. The molecule has 1 saturated carbocycles. The van der Waals surface area contributed by atoms with Crippen LogP contribution >= 0.6 is 0 Å². The minimum absolute atomic E-state index is 0.0994. The largest absolute Gasteiger partial charge is 0.393 e. The molecule has 2 rings (SSSR count). The maximum absolute atomic E-state index is 12.8. The lowest BCUT2D eigenvalue weighted by Gasteiger charge is -2.38. The molecule has 6 heteroatoms. The van der Waals surface area contributed by atoms with Crippen LogP contribution in [0.3, 0.4) is 0 Å². The van der Waals surface area contributed by atoms with Gasteiger partial charge in [-0.3, -0.25) is 4.79 Å². The number of rotatable bonds is 1. The normalized spacial score (nSPS) is 36.0. The second kappa shape index (κ2) is 5.92. The Hall–Kier alpha value is -0.780. The zero-order valence-corrected chi connectivity index (χ0v) is 11.8. The molecule has 4 atom stereocenters. The summed E-state index contributed by atoms with van der Waals surface area (Å²) in [4.78, 5) is 13.8. The molecule has 1 aliphatic heterocycles. The predicted octanol–water partition coefficient (Wildman–Crippen LogP) is 2.55. The molecule has 0 aromatic rings. The second-order valence-corrected chi connectivity index (χ2v) is 6.32. The number of nitrogens with two attached hydrogens (primary N) is 1. The fraction of sp³-hybridized carbons (Fsp3) is 0.929. The van der Waals surface area contributed by atoms with Gasteiger partial charge in [-0.1, -0.05) is 6.92 Å². The Balaban J connectivity index is 1.95. The molecule has 20 heavy (non-hydrogen) atoms. The molecule has 4 unspecified atom stereocenters. The van der Waals surface area contributed by atoms with E-state index in [1.807, 2.05) is 6.92 Å². The number of likely N-dealkylation sites (tertiary alicyclic amines) is 1. The minimum Gasteiger partial charge on any atom is -0.342 e. The summed E-state index contributed by atoms with van der Waals surface area (Å²) in [5.41, 5.74) is 5.92. The van der Waals surface area contributed by atoms with Crippen LogP contribution in [-0.4, -0.2) is 36.1 Å². The topological polar surface area (TPSA) is 46.3 Å². The SMILES string of the molecule is CC1CC(C(=O)N2CCCC(C(F)(F)F)C2)CCC1N. The molecule has 1 saturated heterocycles. The highest BCUT2D eigenvalue weighted by atomic mass is 19.4. The summed E-state index contributed by atoms with van der Waals surface area (Å²) in [6.07, 6.45) is -1.42. The Morgan fingerprint density at radius 1 is 1.25 bits per heavy atom. The average Bonchev–Trinajstić information content (AvgIpc) is 2.40. The Bertz CT molecular complexity index is 359. The third kappa shape index (κ3) is 3.45. The first-order valence-corrected chi connectivity index (χ1v) is 7.40. The van der Waals surface area contributed by atoms with Gasteiger partial charge >= 0.3 is 6.18 Å². The zero-order valence-electron chi connectivity index (χ0n) is 11.8. The van der Waals surface area contributed by atoms with Gasteiger partial charge in [-0.15, -0.1) is 0 Å². The second-order valence-electron chi connectivity index (χ2n) is 6.32. The molecule has 1 amide bonds. The van der Waals surface area contributed by atoms with Gasteiger partial charge in [0.15, 0.2) is 0 Å². The highest BCUT2D eigenvalue weighted by molar-refractivity contribution is 5.79. The van der Waals surface area contributed by atoms with Gasteiger partial charge in [-0.05, 0) is 38.0 Å². The first-order chi connectivity index (χ1) is 9.29. The number of nitrogens with zero attached hydrogens (tertiary/aromatic N) is 1. The maximum atomic E-state index is 12.8. The van der Waals surface area contributed by atoms with Crippen LogP contribution in [0.5, 0.6) is 0 Å². The quantitative estimate of drug-likeness (QED) is 0.807. The van der Waals surface area contributed by atoms with Crippen molar-refractivity contribution in [2.24, 2.45) is 23.5 Å². The Labute approximate surface area is 117 Å². The van der Waals surface area contributed by atoms with Crippen LogP contribution < -0.4 is 5.73 Å². The van der Waals surface area contributed by atoms with Gasteiger partial charge < -0.3 is 10.6 Å². The fourth-order valence-corrected chi connectivity index (χ4v) is 3.35. The highest BCUT2D eigenvalue weighted by Gasteiger charge is 2.43. The molecule has 1 heterocycles. The van der Waals surface area contributed by atoms with Crippen molar-refractivity contribution in [2.45, 2.75) is 51.2 Å². The van der Waals surface area contributed by atoms with Gasteiger partial charge in [0.2, 0.25) is 5.91 Å². The molecule has 2 N–H and O–H groups in total. The number of hydrogen-bond donors (Lipinski definition) is 1. The monoisotopic (exact) mass is 292 g/mol. The van der Waals surface area contributed by atoms with Crippen LogP contribution in [0.15, 0.2) is 0 Å². The minimum atomic E-state index is -4.19. The van der Waals surface area contributed by atoms with Gasteiger partial charge in [0.05, 0.1) is 5.92 Å². The molecule has 0 aromatic carbocycles. The summed E-state index contributed by atoms with van der Waals surface area (Å²) >= 11 is 0. The molecular formula is C14H23F3N2O. The van der Waals surface area contributed by atoms with E-state index in [0.29, 0.717) is 25.8 Å². The van der Waals surface area contributed by atoms with Gasteiger partial charge in [-0.25, -0.2) is 0 Å². The molecule has 0 spiro atoms. The summed E-state index contributed by atoms with van der Waals surface area (Å²) < 4.78 is 38.3. The van der Waals surface area contributed by atoms with E-state index >= 15 is 0 Å². The summed E-state index contributed by atoms with van der Waals surface area (Å²) in [5, 5.41) is 0. The average molecular weight is 292 g/mol. The molecule has 2 aliphatic rings. The van der Waals surface area contributed by atoms with E-state index in [4.69, 9.17) is 5.73 Å². The van der Waals surface area contributed by atoms with E-state index < -0.39 is 12.1 Å². The number of piperidine rings is 1. The lowest BCUT2D eigenvalue weighted by Crippen LogP contribution is -2.48. The van der Waals surface area contributed by atoms with Gasteiger partial charge in [-0.2, -0.15) is 13.2 Å². The lowest BCUT2D eigenvalue weighted by molar-refractivity contribution is -0.189. The van der Waals surface area contributed by atoms with Gasteiger partial charge in [0.25, 0.3) is 0 Å². The molecule has 0 bridgehead atoms. The van der Waals surface area contributed by atoms with Crippen molar-refractivity contribution >= 4 is 5.91 Å². The van der Waals surface area contributed by atoms with Crippen LogP contribution in [0.4, 0.5) is 13.2 Å². The highest BCUT2D eigenvalue weighted by Crippen LogP contribution is 2.35. The summed E-state index contributed by atoms with van der Waals surface area (Å²) in [6.45, 7) is 2.31. The van der Waals surface area contributed by atoms with Crippen LogP contribution in [-0.2, 0) is 4.79 Å². The Morgan fingerprint density at radius 2 is 1.95 bits per heavy atom. The van der Waals surface area contributed by atoms with Crippen molar-refractivity contribution in [1.82, 2.24) is 4.90 Å². The molecular weight excluding hydrogens is 269 g/mol. The van der Waals surface area contributed by atoms with Crippen molar-refractivity contribution in [2.75, 3.05) is 13.1 Å². The summed E-state index contributed by atoms with van der Waals surface area (Å²) in [7, 11) is 0. The first-order valence-electron chi connectivity index (χ1n) is 7.40. The molecule has 0 aromatic heterocycles. The summed E-state index contributed by atoms with van der Waals surface area (Å²) in [6, 6.07) is 0.114. The third-order valence-electron chi connectivity index (χ3n) is 4.78. The molecule has 3 nitrogen and oxygen atoms in total. The van der Waals surface area contributed by atoms with E-state index in [2.05, 4.69) is 0 Å². The van der Waals surface area contributed by atoms with Gasteiger partial charge in [0, 0.05) is 25.0 Å². The number of hydrogen-bond acceptors (Lipinski definition) is 2. The van der Waals surface area contributed by atoms with Crippen molar-refractivity contribution < 1.29 is 18.0 Å².